The van der Waals surface area contributed by atoms with Gasteiger partial charge >= 0.3 is 0 Å². The number of halogens is 3. The zero-order valence-electron chi connectivity index (χ0n) is 9.98. The molecule has 0 unspecified atom stereocenters. The van der Waals surface area contributed by atoms with E-state index < -0.39 is 5.76 Å². The second-order valence-corrected chi connectivity index (χ2v) is 5.27. The molecule has 1 N–H and O–H groups in total. The highest BCUT2D eigenvalue weighted by Gasteiger charge is 2.19. The van der Waals surface area contributed by atoms with Crippen LogP contribution in [-0.2, 0) is 0 Å². The van der Waals surface area contributed by atoms with Gasteiger partial charge in [0.05, 0.1) is 0 Å². The SMILES string of the molecule is CNCCN(C)C(=O)c1sccc1SC(F)F.Cl. The van der Waals surface area contributed by atoms with E-state index in [2.05, 4.69) is 5.32 Å². The van der Waals surface area contributed by atoms with Crippen LogP contribution < -0.4 is 5.32 Å². The van der Waals surface area contributed by atoms with Gasteiger partial charge in [-0.05, 0) is 18.5 Å². The van der Waals surface area contributed by atoms with Crippen LogP contribution in [0.5, 0.6) is 0 Å². The molecule has 0 bridgehead atoms. The van der Waals surface area contributed by atoms with Crippen molar-refractivity contribution in [3.05, 3.63) is 16.3 Å². The number of rotatable bonds is 6. The number of hydrogen-bond donors (Lipinski definition) is 1. The predicted octanol–water partition coefficient (Wildman–Crippen LogP) is 2.78. The van der Waals surface area contributed by atoms with Gasteiger partial charge in [0.2, 0.25) is 0 Å². The lowest BCUT2D eigenvalue weighted by Crippen LogP contribution is -2.32. The molecular weight excluding hydrogens is 302 g/mol. The minimum atomic E-state index is -2.50. The summed E-state index contributed by atoms with van der Waals surface area (Å²) in [6.45, 7) is 1.22. The molecule has 1 aromatic rings. The number of thioether (sulfide) groups is 1. The summed E-state index contributed by atoms with van der Waals surface area (Å²) in [5.41, 5.74) is 0. The Morgan fingerprint density at radius 2 is 2.28 bits per heavy atom. The number of nitrogens with zero attached hydrogens (tertiary/aromatic N) is 1. The first-order valence-corrected chi connectivity index (χ1v) is 6.74. The Balaban J connectivity index is 0.00000289. The van der Waals surface area contributed by atoms with Crippen LogP contribution in [-0.4, -0.2) is 43.7 Å². The quantitative estimate of drug-likeness (QED) is 0.819. The summed E-state index contributed by atoms with van der Waals surface area (Å²) in [6, 6.07) is 1.56. The fourth-order valence-electron chi connectivity index (χ4n) is 1.20. The number of thiophene rings is 1. The molecule has 8 heteroatoms. The Morgan fingerprint density at radius 3 is 2.83 bits per heavy atom. The maximum atomic E-state index is 12.3. The van der Waals surface area contributed by atoms with Crippen molar-refractivity contribution in [2.45, 2.75) is 10.7 Å². The second kappa shape index (κ2) is 8.68. The van der Waals surface area contributed by atoms with Crippen LogP contribution in [0.2, 0.25) is 0 Å². The molecule has 0 saturated heterocycles. The molecule has 0 aliphatic rings. The van der Waals surface area contributed by atoms with Gasteiger partial charge in [0.1, 0.15) is 4.88 Å². The third-order valence-corrected chi connectivity index (χ3v) is 3.89. The Labute approximate surface area is 119 Å². The number of alkyl halides is 2. The number of amides is 1. The average molecular weight is 317 g/mol. The third-order valence-electron chi connectivity index (χ3n) is 2.08. The molecule has 0 spiro atoms. The van der Waals surface area contributed by atoms with Gasteiger partial charge in [-0.1, -0.05) is 11.8 Å². The van der Waals surface area contributed by atoms with Gasteiger partial charge in [-0.3, -0.25) is 4.79 Å². The van der Waals surface area contributed by atoms with E-state index >= 15 is 0 Å². The molecule has 1 heterocycles. The molecule has 0 aromatic carbocycles. The average Bonchev–Trinajstić information content (AvgIpc) is 2.71. The molecule has 0 aliphatic heterocycles. The van der Waals surface area contributed by atoms with Crippen LogP contribution in [0.1, 0.15) is 9.67 Å². The predicted molar refractivity (Wildman–Crippen MR) is 74.3 cm³/mol. The fraction of sp³-hybridized carbons (Fsp3) is 0.500. The number of likely N-dealkylation sites (N-methyl/N-ethyl adjacent to an activating group) is 2. The maximum Gasteiger partial charge on any atom is 0.288 e. The standard InChI is InChI=1S/C10H14F2N2OS2.ClH/c1-13-4-5-14(2)9(15)8-7(3-6-16-8)17-10(11)12;/h3,6,10,13H,4-5H2,1-2H3;1H. The minimum Gasteiger partial charge on any atom is -0.340 e. The topological polar surface area (TPSA) is 32.3 Å². The summed E-state index contributed by atoms with van der Waals surface area (Å²) in [5.74, 6) is -2.71. The highest BCUT2D eigenvalue weighted by Crippen LogP contribution is 2.32. The van der Waals surface area contributed by atoms with Crippen molar-refractivity contribution >= 4 is 41.4 Å². The van der Waals surface area contributed by atoms with Gasteiger partial charge in [-0.2, -0.15) is 8.78 Å². The van der Waals surface area contributed by atoms with Gasteiger partial charge in [0.25, 0.3) is 11.7 Å². The van der Waals surface area contributed by atoms with Crippen molar-refractivity contribution in [1.82, 2.24) is 10.2 Å². The second-order valence-electron chi connectivity index (χ2n) is 3.32. The van der Waals surface area contributed by atoms with Crippen molar-refractivity contribution in [3.63, 3.8) is 0 Å². The van der Waals surface area contributed by atoms with Crippen LogP contribution >= 0.6 is 35.5 Å². The highest BCUT2D eigenvalue weighted by atomic mass is 35.5. The summed E-state index contributed by atoms with van der Waals surface area (Å²) < 4.78 is 24.6. The Hall–Kier alpha value is -0.370. The lowest BCUT2D eigenvalue weighted by atomic mass is 10.4. The summed E-state index contributed by atoms with van der Waals surface area (Å²) in [4.78, 5) is 14.2. The van der Waals surface area contributed by atoms with Crippen molar-refractivity contribution < 1.29 is 13.6 Å². The first-order valence-electron chi connectivity index (χ1n) is 4.98. The molecule has 18 heavy (non-hydrogen) atoms. The first-order chi connectivity index (χ1) is 8.06. The Bertz CT molecular complexity index is 377. The van der Waals surface area contributed by atoms with Gasteiger partial charge < -0.3 is 10.2 Å². The van der Waals surface area contributed by atoms with Crippen LogP contribution in [0.25, 0.3) is 0 Å². The van der Waals surface area contributed by atoms with Crippen molar-refractivity contribution in [2.24, 2.45) is 0 Å². The first kappa shape index (κ1) is 17.6. The molecule has 0 fully saturated rings. The van der Waals surface area contributed by atoms with E-state index in [4.69, 9.17) is 0 Å². The van der Waals surface area contributed by atoms with Crippen LogP contribution in [0.15, 0.2) is 16.3 Å². The van der Waals surface area contributed by atoms with Gasteiger partial charge in [-0.25, -0.2) is 0 Å². The van der Waals surface area contributed by atoms with E-state index in [0.717, 1.165) is 0 Å². The van der Waals surface area contributed by atoms with E-state index in [-0.39, 0.29) is 18.3 Å². The zero-order chi connectivity index (χ0) is 12.8. The van der Waals surface area contributed by atoms with Crippen molar-refractivity contribution in [2.75, 3.05) is 27.2 Å². The molecular formula is C10H15ClF2N2OS2. The molecule has 104 valence electrons. The Morgan fingerprint density at radius 1 is 1.61 bits per heavy atom. The molecule has 0 saturated carbocycles. The number of carbonyl (C=O) groups excluding carboxylic acids is 1. The molecule has 3 nitrogen and oxygen atoms in total. The highest BCUT2D eigenvalue weighted by molar-refractivity contribution is 7.99. The number of hydrogen-bond acceptors (Lipinski definition) is 4. The van der Waals surface area contributed by atoms with Gasteiger partial charge in [-0.15, -0.1) is 23.7 Å². The third kappa shape index (κ3) is 5.09. The largest absolute Gasteiger partial charge is 0.340 e. The van der Waals surface area contributed by atoms with Crippen LogP contribution in [0.4, 0.5) is 8.78 Å². The molecule has 0 atom stereocenters. The minimum absolute atomic E-state index is 0. The molecule has 1 rings (SSSR count). The van der Waals surface area contributed by atoms with Gasteiger partial charge in [0.15, 0.2) is 0 Å². The van der Waals surface area contributed by atoms with Crippen LogP contribution in [0, 0.1) is 0 Å². The molecule has 0 aliphatic carbocycles. The van der Waals surface area contributed by atoms with Crippen molar-refractivity contribution in [1.29, 1.82) is 0 Å². The summed E-state index contributed by atoms with van der Waals surface area (Å²) in [7, 11) is 3.46. The Kier molecular flexibility index (Phi) is 8.51. The summed E-state index contributed by atoms with van der Waals surface area (Å²) in [6.07, 6.45) is 0. The fourth-order valence-corrected chi connectivity index (χ4v) is 2.89. The van der Waals surface area contributed by atoms with E-state index in [0.29, 0.717) is 34.6 Å². The van der Waals surface area contributed by atoms with E-state index in [1.165, 1.54) is 16.2 Å². The van der Waals surface area contributed by atoms with E-state index in [1.54, 1.807) is 25.5 Å². The molecule has 0 radical (unpaired) electrons. The monoisotopic (exact) mass is 316 g/mol. The normalized spacial score (nSPS) is 10.3. The number of nitrogens with one attached hydrogen (secondary N) is 1. The number of carbonyl (C=O) groups is 1. The van der Waals surface area contributed by atoms with Gasteiger partial charge in [0, 0.05) is 25.0 Å². The zero-order valence-corrected chi connectivity index (χ0v) is 12.4. The molecule has 1 amide bonds. The van der Waals surface area contributed by atoms with Crippen molar-refractivity contribution in [3.8, 4) is 0 Å². The smallest absolute Gasteiger partial charge is 0.288 e. The van der Waals surface area contributed by atoms with E-state index in [9.17, 15) is 13.6 Å². The lowest BCUT2D eigenvalue weighted by Gasteiger charge is -2.16. The summed E-state index contributed by atoms with van der Waals surface area (Å²) >= 11 is 1.61. The van der Waals surface area contributed by atoms with Crippen LogP contribution in [0.3, 0.4) is 0 Å². The summed E-state index contributed by atoms with van der Waals surface area (Å²) in [5, 5.41) is 4.59. The maximum absolute atomic E-state index is 12.3. The molecule has 1 aromatic heterocycles. The van der Waals surface area contributed by atoms with E-state index in [1.807, 2.05) is 0 Å². The lowest BCUT2D eigenvalue weighted by molar-refractivity contribution is 0.0798.